The van der Waals surface area contributed by atoms with E-state index in [0.717, 1.165) is 18.4 Å². The Hall–Kier alpha value is -1.02. The fourth-order valence-corrected chi connectivity index (χ4v) is 2.71. The first-order valence-corrected chi connectivity index (χ1v) is 6.01. The lowest BCUT2D eigenvalue weighted by molar-refractivity contribution is 0.0931. The van der Waals surface area contributed by atoms with Crippen LogP contribution in [0.25, 0.3) is 0 Å². The summed E-state index contributed by atoms with van der Waals surface area (Å²) in [6.45, 7) is 4.38. The maximum Gasteiger partial charge on any atom is 0.0935 e. The molecule has 3 atom stereocenters. The van der Waals surface area contributed by atoms with E-state index >= 15 is 0 Å². The maximum atomic E-state index is 10.2. The summed E-state index contributed by atoms with van der Waals surface area (Å²) >= 11 is 0. The van der Waals surface area contributed by atoms with Gasteiger partial charge >= 0.3 is 0 Å². The minimum absolute atomic E-state index is 0.247. The smallest absolute Gasteiger partial charge is 0.0935 e. The van der Waals surface area contributed by atoms with Gasteiger partial charge in [-0.1, -0.05) is 18.6 Å². The summed E-state index contributed by atoms with van der Waals surface area (Å²) in [7, 11) is 0. The molecule has 0 saturated heterocycles. The number of aliphatic hydroxyl groups is 1. The highest BCUT2D eigenvalue weighted by molar-refractivity contribution is 5.10. The summed E-state index contributed by atoms with van der Waals surface area (Å²) in [5.74, 6) is 0.993. The molecule has 0 saturated carbocycles. The van der Waals surface area contributed by atoms with Crippen molar-refractivity contribution in [3.05, 3.63) is 35.8 Å². The molecular weight excluding hydrogens is 200 g/mol. The van der Waals surface area contributed by atoms with Gasteiger partial charge in [0.25, 0.3) is 0 Å². The molecule has 2 heteroatoms. The number of hydrogen-bond donors (Lipinski definition) is 1. The lowest BCUT2D eigenvalue weighted by Crippen LogP contribution is -2.26. The van der Waals surface area contributed by atoms with Gasteiger partial charge in [-0.05, 0) is 43.2 Å². The number of furan rings is 1. The van der Waals surface area contributed by atoms with Crippen molar-refractivity contribution in [3.8, 4) is 0 Å². The highest BCUT2D eigenvalue weighted by Gasteiger charge is 2.25. The molecule has 16 heavy (non-hydrogen) atoms. The Balaban J connectivity index is 1.95. The van der Waals surface area contributed by atoms with Gasteiger partial charge in [0, 0.05) is 6.42 Å². The summed E-state index contributed by atoms with van der Waals surface area (Å²) in [4.78, 5) is 0. The van der Waals surface area contributed by atoms with E-state index in [9.17, 15) is 5.11 Å². The summed E-state index contributed by atoms with van der Waals surface area (Å²) in [6.07, 6.45) is 8.29. The van der Waals surface area contributed by atoms with E-state index in [0.29, 0.717) is 18.3 Å². The first kappa shape index (κ1) is 11.5. The monoisotopic (exact) mass is 220 g/mol. The number of hydrogen-bond acceptors (Lipinski definition) is 2. The minimum atomic E-state index is -0.247. The van der Waals surface area contributed by atoms with Gasteiger partial charge in [-0.3, -0.25) is 0 Å². The van der Waals surface area contributed by atoms with E-state index < -0.39 is 0 Å². The van der Waals surface area contributed by atoms with Crippen LogP contribution in [-0.4, -0.2) is 11.2 Å². The van der Waals surface area contributed by atoms with Gasteiger partial charge in [0.05, 0.1) is 18.6 Å². The van der Waals surface area contributed by atoms with Gasteiger partial charge in [-0.25, -0.2) is 0 Å². The average Bonchev–Trinajstić information content (AvgIpc) is 2.68. The van der Waals surface area contributed by atoms with Crippen LogP contribution in [-0.2, 0) is 6.42 Å². The Labute approximate surface area is 97.0 Å². The van der Waals surface area contributed by atoms with Crippen molar-refractivity contribution in [2.75, 3.05) is 0 Å². The van der Waals surface area contributed by atoms with E-state index in [1.165, 1.54) is 5.57 Å². The van der Waals surface area contributed by atoms with Crippen molar-refractivity contribution in [1.82, 2.24) is 0 Å². The van der Waals surface area contributed by atoms with Crippen LogP contribution >= 0.6 is 0 Å². The molecule has 0 radical (unpaired) electrons. The fraction of sp³-hybridized carbons (Fsp3) is 0.571. The number of aliphatic hydroxyl groups excluding tert-OH is 1. The molecule has 0 aliphatic heterocycles. The molecule has 3 unspecified atom stereocenters. The zero-order valence-electron chi connectivity index (χ0n) is 10.0. The highest BCUT2D eigenvalue weighted by Crippen LogP contribution is 2.31. The molecule has 2 nitrogen and oxygen atoms in total. The van der Waals surface area contributed by atoms with Crippen LogP contribution in [0.4, 0.5) is 0 Å². The lowest BCUT2D eigenvalue weighted by Gasteiger charge is -2.29. The molecule has 2 rings (SSSR count). The van der Waals surface area contributed by atoms with Gasteiger partial charge in [-0.2, -0.15) is 0 Å². The second kappa shape index (κ2) is 4.88. The quantitative estimate of drug-likeness (QED) is 0.794. The van der Waals surface area contributed by atoms with Crippen molar-refractivity contribution in [1.29, 1.82) is 0 Å². The van der Waals surface area contributed by atoms with E-state index in [1.54, 1.807) is 12.5 Å². The molecule has 1 aliphatic carbocycles. The molecule has 1 aromatic heterocycles. The standard InChI is InChI=1S/C14H20O2/c1-10-5-11(2)7-13(6-10)14(15)8-12-3-4-16-9-12/h3-5,9-10,13-15H,6-8H2,1-2H3. The maximum absolute atomic E-state index is 10.2. The predicted molar refractivity (Wildman–Crippen MR) is 64.1 cm³/mol. The predicted octanol–water partition coefficient (Wildman–Crippen LogP) is 3.18. The molecule has 1 N–H and O–H groups in total. The summed E-state index contributed by atoms with van der Waals surface area (Å²) < 4.78 is 5.02. The normalized spacial score (nSPS) is 27.6. The van der Waals surface area contributed by atoms with Crippen molar-refractivity contribution in [2.45, 2.75) is 39.2 Å². The molecular formula is C14H20O2. The fourth-order valence-electron chi connectivity index (χ4n) is 2.71. The van der Waals surface area contributed by atoms with Gasteiger partial charge in [0.2, 0.25) is 0 Å². The van der Waals surface area contributed by atoms with Crippen molar-refractivity contribution in [3.63, 3.8) is 0 Å². The molecule has 1 aliphatic rings. The zero-order valence-corrected chi connectivity index (χ0v) is 10.0. The summed E-state index contributed by atoms with van der Waals surface area (Å²) in [6, 6.07) is 1.93. The second-order valence-corrected chi connectivity index (χ2v) is 5.09. The zero-order chi connectivity index (χ0) is 11.5. The van der Waals surface area contributed by atoms with Crippen LogP contribution in [0.15, 0.2) is 34.7 Å². The molecule has 0 fully saturated rings. The number of allylic oxidation sites excluding steroid dienone is 2. The van der Waals surface area contributed by atoms with Crippen LogP contribution in [0.5, 0.6) is 0 Å². The number of rotatable bonds is 3. The van der Waals surface area contributed by atoms with Gasteiger partial charge in [-0.15, -0.1) is 0 Å². The lowest BCUT2D eigenvalue weighted by atomic mass is 9.79. The molecule has 1 aromatic rings. The highest BCUT2D eigenvalue weighted by atomic mass is 16.3. The molecule has 0 aromatic carbocycles. The SMILES string of the molecule is CC1=CC(C)CC(C(O)Cc2ccoc2)C1. The molecule has 0 bridgehead atoms. The Morgan fingerprint density at radius 1 is 1.56 bits per heavy atom. The average molecular weight is 220 g/mol. The van der Waals surface area contributed by atoms with Gasteiger partial charge in [0.15, 0.2) is 0 Å². The summed E-state index contributed by atoms with van der Waals surface area (Å²) in [5.41, 5.74) is 2.50. The molecule has 0 amide bonds. The first-order valence-electron chi connectivity index (χ1n) is 6.01. The van der Waals surface area contributed by atoms with E-state index in [4.69, 9.17) is 4.42 Å². The first-order chi connectivity index (χ1) is 7.65. The van der Waals surface area contributed by atoms with Crippen LogP contribution in [0.3, 0.4) is 0 Å². The molecule has 88 valence electrons. The van der Waals surface area contributed by atoms with E-state index in [1.807, 2.05) is 6.07 Å². The summed E-state index contributed by atoms with van der Waals surface area (Å²) in [5, 5.41) is 10.2. The second-order valence-electron chi connectivity index (χ2n) is 5.09. The van der Waals surface area contributed by atoms with Crippen molar-refractivity contribution >= 4 is 0 Å². The van der Waals surface area contributed by atoms with Gasteiger partial charge < -0.3 is 9.52 Å². The largest absolute Gasteiger partial charge is 0.472 e. The van der Waals surface area contributed by atoms with E-state index in [-0.39, 0.29) is 6.10 Å². The molecule has 1 heterocycles. The minimum Gasteiger partial charge on any atom is -0.472 e. The Morgan fingerprint density at radius 2 is 2.38 bits per heavy atom. The van der Waals surface area contributed by atoms with Crippen molar-refractivity contribution < 1.29 is 9.52 Å². The third-order valence-corrected chi connectivity index (χ3v) is 3.40. The van der Waals surface area contributed by atoms with Crippen LogP contribution in [0, 0.1) is 11.8 Å². The Kier molecular flexibility index (Phi) is 3.49. The van der Waals surface area contributed by atoms with Crippen LogP contribution in [0.2, 0.25) is 0 Å². The van der Waals surface area contributed by atoms with E-state index in [2.05, 4.69) is 19.9 Å². The van der Waals surface area contributed by atoms with Crippen molar-refractivity contribution in [2.24, 2.45) is 11.8 Å². The Bertz CT molecular complexity index is 351. The van der Waals surface area contributed by atoms with Gasteiger partial charge in [0.1, 0.15) is 0 Å². The topological polar surface area (TPSA) is 33.4 Å². The van der Waals surface area contributed by atoms with Crippen LogP contribution < -0.4 is 0 Å². The Morgan fingerprint density at radius 3 is 3.00 bits per heavy atom. The molecule has 0 spiro atoms. The third kappa shape index (κ3) is 2.76. The van der Waals surface area contributed by atoms with Crippen LogP contribution in [0.1, 0.15) is 32.3 Å². The third-order valence-electron chi connectivity index (χ3n) is 3.40.